The number of nitrogens with zero attached hydrogens (tertiary/aromatic N) is 5. The Morgan fingerprint density at radius 1 is 1.07 bits per heavy atom. The minimum Gasteiger partial charge on any atom is -0.508 e. The summed E-state index contributed by atoms with van der Waals surface area (Å²) < 4.78 is 29.1. The summed E-state index contributed by atoms with van der Waals surface area (Å²) in [6.07, 6.45) is 8.83. The van der Waals surface area contributed by atoms with Gasteiger partial charge >= 0.3 is 6.01 Å². The van der Waals surface area contributed by atoms with Crippen LogP contribution in [0.1, 0.15) is 76.2 Å². The van der Waals surface area contributed by atoms with E-state index in [0.717, 1.165) is 63.5 Å². The van der Waals surface area contributed by atoms with Crippen molar-refractivity contribution in [2.24, 2.45) is 5.41 Å². The summed E-state index contributed by atoms with van der Waals surface area (Å²) in [5, 5.41) is 22.2. The number of halogens is 2. The van der Waals surface area contributed by atoms with Crippen LogP contribution in [0.4, 0.5) is 10.2 Å². The quantitative estimate of drug-likeness (QED) is 0.324. The molecule has 7 rings (SSSR count). The number of aromatic nitrogens is 3. The van der Waals surface area contributed by atoms with Crippen LogP contribution in [-0.2, 0) is 0 Å². The fraction of sp³-hybridized carbons (Fsp3) is 0.606. The van der Waals surface area contributed by atoms with E-state index in [-0.39, 0.29) is 40.2 Å². The zero-order chi connectivity index (χ0) is 30.8. The van der Waals surface area contributed by atoms with Crippen molar-refractivity contribution in [1.29, 1.82) is 0 Å². The van der Waals surface area contributed by atoms with Gasteiger partial charge in [-0.2, -0.15) is 9.97 Å². The number of aliphatic hydroxyl groups is 1. The van der Waals surface area contributed by atoms with Crippen molar-refractivity contribution in [2.75, 3.05) is 45.3 Å². The van der Waals surface area contributed by atoms with Crippen LogP contribution < -0.4 is 14.4 Å². The number of phenolic OH excluding ortho intramolecular Hbond substituents is 1. The summed E-state index contributed by atoms with van der Waals surface area (Å²) in [6, 6.07) is 3.54. The number of hydrogen-bond donors (Lipinski definition) is 2. The van der Waals surface area contributed by atoms with Gasteiger partial charge in [-0.05, 0) is 95.5 Å². The molecule has 4 fully saturated rings. The van der Waals surface area contributed by atoms with Crippen molar-refractivity contribution < 1.29 is 24.1 Å². The summed E-state index contributed by atoms with van der Waals surface area (Å²) in [7, 11) is 3.68. The molecule has 2 saturated heterocycles. The van der Waals surface area contributed by atoms with Crippen molar-refractivity contribution in [3.8, 4) is 28.9 Å². The van der Waals surface area contributed by atoms with E-state index in [9.17, 15) is 10.2 Å². The molecule has 1 aromatic carbocycles. The summed E-state index contributed by atoms with van der Waals surface area (Å²) >= 11 is 6.59. The second-order valence-electron chi connectivity index (χ2n) is 13.7. The molecule has 0 radical (unpaired) electrons. The fourth-order valence-corrected chi connectivity index (χ4v) is 8.46. The number of anilines is 1. The predicted octanol–water partition coefficient (Wildman–Crippen LogP) is 6.07. The van der Waals surface area contributed by atoms with E-state index >= 15 is 4.39 Å². The van der Waals surface area contributed by atoms with Crippen molar-refractivity contribution in [1.82, 2.24) is 19.9 Å². The van der Waals surface area contributed by atoms with Crippen LogP contribution in [0.15, 0.2) is 12.1 Å². The van der Waals surface area contributed by atoms with Gasteiger partial charge in [0.15, 0.2) is 5.82 Å². The number of methoxy groups -OCH3 is 1. The van der Waals surface area contributed by atoms with Gasteiger partial charge in [0.1, 0.15) is 28.2 Å². The highest BCUT2D eigenvalue weighted by Gasteiger charge is 2.47. The van der Waals surface area contributed by atoms with Gasteiger partial charge in [-0.3, -0.25) is 0 Å². The molecule has 9 nitrogen and oxygen atoms in total. The first kappa shape index (κ1) is 29.7. The molecule has 2 N–H and O–H groups in total. The van der Waals surface area contributed by atoms with E-state index in [1.165, 1.54) is 19.2 Å². The van der Waals surface area contributed by atoms with E-state index < -0.39 is 11.4 Å². The Labute approximate surface area is 262 Å². The maximum absolute atomic E-state index is 16.9. The maximum atomic E-state index is 16.9. The van der Waals surface area contributed by atoms with Gasteiger partial charge in [-0.1, -0.05) is 18.0 Å². The van der Waals surface area contributed by atoms with Crippen LogP contribution in [0.2, 0.25) is 5.02 Å². The van der Waals surface area contributed by atoms with E-state index in [0.29, 0.717) is 53.9 Å². The number of aromatic hydroxyl groups is 1. The summed E-state index contributed by atoms with van der Waals surface area (Å²) in [4.78, 5) is 18.6. The van der Waals surface area contributed by atoms with Gasteiger partial charge in [-0.25, -0.2) is 9.37 Å². The van der Waals surface area contributed by atoms with Gasteiger partial charge in [0.05, 0.1) is 19.3 Å². The third-order valence-electron chi connectivity index (χ3n) is 10.3. The summed E-state index contributed by atoms with van der Waals surface area (Å²) in [6.45, 7) is 4.28. The van der Waals surface area contributed by atoms with Gasteiger partial charge in [0, 0.05) is 35.1 Å². The lowest BCUT2D eigenvalue weighted by Crippen LogP contribution is -2.50. The van der Waals surface area contributed by atoms with Crippen molar-refractivity contribution in [3.05, 3.63) is 28.5 Å². The maximum Gasteiger partial charge on any atom is 0.319 e. The molecule has 0 bridgehead atoms. The number of ether oxygens (including phenoxy) is 2. The first-order chi connectivity index (χ1) is 21.1. The Hall–Kier alpha value is -2.95. The second kappa shape index (κ2) is 11.1. The minimum atomic E-state index is -0.935. The highest BCUT2D eigenvalue weighted by Crippen LogP contribution is 2.51. The fourth-order valence-electron chi connectivity index (χ4n) is 8.10. The second-order valence-corrected chi connectivity index (χ2v) is 14.1. The molecule has 4 heterocycles. The first-order valence-corrected chi connectivity index (χ1v) is 16.3. The van der Waals surface area contributed by atoms with Crippen molar-refractivity contribution in [3.63, 3.8) is 0 Å². The standard InChI is InChI=1S/C33H41ClFN5O4/c1-32(42)10-5-14-40(17-32)29-25-28(37-31(38-29)44-18-33-11-4-7-23(33)39(2)13-6-12-33)26(35)27(36-30(25)43-3)21-15-20(41)16-22(34)24(21)19-8-9-19/h15-16,19,23,41-42H,4-14,17-18H2,1-3H3/t23-,32-,33-/m1/s1. The van der Waals surface area contributed by atoms with Gasteiger partial charge in [0.25, 0.3) is 0 Å². The van der Waals surface area contributed by atoms with E-state index in [4.69, 9.17) is 26.1 Å². The number of benzene rings is 1. The zero-order valence-corrected chi connectivity index (χ0v) is 26.5. The Bertz CT molecular complexity index is 1600. The number of rotatable bonds is 7. The third-order valence-corrected chi connectivity index (χ3v) is 10.6. The van der Waals surface area contributed by atoms with Crippen LogP contribution in [0.3, 0.4) is 0 Å². The molecule has 3 atom stereocenters. The first-order valence-electron chi connectivity index (χ1n) is 15.9. The topological polar surface area (TPSA) is 104 Å². The zero-order valence-electron chi connectivity index (χ0n) is 25.7. The number of pyridine rings is 1. The Morgan fingerprint density at radius 3 is 2.59 bits per heavy atom. The lowest BCUT2D eigenvalue weighted by molar-refractivity contribution is 0.0132. The monoisotopic (exact) mass is 625 g/mol. The smallest absolute Gasteiger partial charge is 0.319 e. The van der Waals surface area contributed by atoms with E-state index in [1.54, 1.807) is 6.92 Å². The molecule has 236 valence electrons. The average molecular weight is 626 g/mol. The molecule has 2 saturated carbocycles. The summed E-state index contributed by atoms with van der Waals surface area (Å²) in [5.41, 5.74) is 0.311. The minimum absolute atomic E-state index is 0.0113. The summed E-state index contributed by atoms with van der Waals surface area (Å²) in [5.74, 6) is 0.0325. The van der Waals surface area contributed by atoms with Gasteiger partial charge in [-0.15, -0.1) is 0 Å². The average Bonchev–Trinajstić information content (AvgIpc) is 3.72. The van der Waals surface area contributed by atoms with E-state index in [1.807, 2.05) is 4.90 Å². The number of fused-ring (bicyclic) bond motifs is 2. The molecule has 4 aliphatic rings. The predicted molar refractivity (Wildman–Crippen MR) is 167 cm³/mol. The number of phenols is 1. The van der Waals surface area contributed by atoms with Crippen LogP contribution in [0.25, 0.3) is 22.2 Å². The van der Waals surface area contributed by atoms with Crippen molar-refractivity contribution >= 4 is 28.3 Å². The normalized spacial score (nSPS) is 27.5. The van der Waals surface area contributed by atoms with Crippen LogP contribution in [-0.4, -0.2) is 82.1 Å². The number of β-amino-alcohol motifs (C(OH)–C–C–N with tert-alkyl or cyclic N) is 1. The van der Waals surface area contributed by atoms with Gasteiger partial charge < -0.3 is 29.5 Å². The Kier molecular flexibility index (Phi) is 7.53. The molecular weight excluding hydrogens is 585 g/mol. The lowest BCUT2D eigenvalue weighted by atomic mass is 9.76. The molecule has 2 aliphatic carbocycles. The molecule has 2 aliphatic heterocycles. The number of piperidine rings is 2. The van der Waals surface area contributed by atoms with E-state index in [2.05, 4.69) is 21.9 Å². The molecule has 11 heteroatoms. The highest BCUT2D eigenvalue weighted by molar-refractivity contribution is 6.32. The number of hydrogen-bond acceptors (Lipinski definition) is 9. The molecule has 0 amide bonds. The molecule has 44 heavy (non-hydrogen) atoms. The Morgan fingerprint density at radius 2 is 1.84 bits per heavy atom. The van der Waals surface area contributed by atoms with Crippen LogP contribution in [0, 0.1) is 11.2 Å². The van der Waals surface area contributed by atoms with Crippen LogP contribution in [0.5, 0.6) is 17.6 Å². The molecule has 0 unspecified atom stereocenters. The van der Waals surface area contributed by atoms with Gasteiger partial charge in [0.2, 0.25) is 5.88 Å². The van der Waals surface area contributed by atoms with Crippen molar-refractivity contribution in [2.45, 2.75) is 82.3 Å². The molecule has 2 aromatic heterocycles. The third kappa shape index (κ3) is 5.22. The SMILES string of the molecule is COc1nc(-c2cc(O)cc(Cl)c2C2CC2)c(F)c2nc(OC[C@]34CCC[C@H]3N(C)CCC4)nc(N3CCC[C@@](C)(O)C3)c12. The largest absolute Gasteiger partial charge is 0.508 e. The highest BCUT2D eigenvalue weighted by atomic mass is 35.5. The van der Waals surface area contributed by atoms with Crippen LogP contribution >= 0.6 is 11.6 Å². The molecular formula is C33H41ClFN5O4. The number of likely N-dealkylation sites (tertiary alicyclic amines) is 1. The molecule has 0 spiro atoms. The molecule has 3 aromatic rings. The lowest BCUT2D eigenvalue weighted by Gasteiger charge is -2.44. The Balaban J connectivity index is 1.38.